The van der Waals surface area contributed by atoms with Crippen LogP contribution < -0.4 is 0 Å². The monoisotopic (exact) mass is 231 g/mol. The normalized spacial score (nSPS) is 10.1. The van der Waals surface area contributed by atoms with Crippen molar-refractivity contribution >= 4 is 11.6 Å². The molecule has 0 amide bonds. The van der Waals surface area contributed by atoms with Crippen molar-refractivity contribution in [2.45, 2.75) is 13.5 Å². The maximum Gasteiger partial charge on any atom is 0.105 e. The lowest BCUT2D eigenvalue weighted by Crippen LogP contribution is -2.01. The highest BCUT2D eigenvalue weighted by Crippen LogP contribution is 2.19. The molecule has 1 aromatic heterocycles. The summed E-state index contributed by atoms with van der Waals surface area (Å²) in [5.41, 5.74) is 1.57. The Morgan fingerprint density at radius 3 is 2.88 bits per heavy atom. The van der Waals surface area contributed by atoms with Gasteiger partial charge in [-0.3, -0.25) is 0 Å². The molecule has 1 aromatic carbocycles. The fraction of sp³-hybridized carbons (Fsp3) is 0.167. The van der Waals surface area contributed by atoms with Gasteiger partial charge in [-0.2, -0.15) is 5.26 Å². The molecular formula is C12H10ClN3. The van der Waals surface area contributed by atoms with E-state index in [1.807, 2.05) is 23.8 Å². The van der Waals surface area contributed by atoms with E-state index in [4.69, 9.17) is 16.9 Å². The van der Waals surface area contributed by atoms with Gasteiger partial charge in [-0.1, -0.05) is 17.7 Å². The van der Waals surface area contributed by atoms with Crippen molar-refractivity contribution in [1.29, 1.82) is 5.26 Å². The summed E-state index contributed by atoms with van der Waals surface area (Å²) in [4.78, 5) is 4.14. The summed E-state index contributed by atoms with van der Waals surface area (Å²) in [6.07, 6.45) is 3.66. The van der Waals surface area contributed by atoms with Crippen LogP contribution in [0.2, 0.25) is 5.02 Å². The van der Waals surface area contributed by atoms with Crippen LogP contribution in [0.1, 0.15) is 17.0 Å². The average Bonchev–Trinajstić information content (AvgIpc) is 2.67. The Labute approximate surface area is 98.9 Å². The zero-order valence-electron chi connectivity index (χ0n) is 8.81. The molecule has 1 heterocycles. The lowest BCUT2D eigenvalue weighted by molar-refractivity contribution is 0.762. The minimum atomic E-state index is 0.580. The largest absolute Gasteiger partial charge is 0.331 e. The topological polar surface area (TPSA) is 41.6 Å². The van der Waals surface area contributed by atoms with Crippen molar-refractivity contribution in [3.8, 4) is 6.07 Å². The number of nitrogens with zero attached hydrogens (tertiary/aromatic N) is 3. The highest BCUT2D eigenvalue weighted by Gasteiger charge is 2.04. The van der Waals surface area contributed by atoms with E-state index in [9.17, 15) is 0 Å². The number of imidazole rings is 1. The van der Waals surface area contributed by atoms with E-state index in [2.05, 4.69) is 11.1 Å². The van der Waals surface area contributed by atoms with Crippen molar-refractivity contribution < 1.29 is 0 Å². The first kappa shape index (κ1) is 10.7. The number of rotatable bonds is 2. The van der Waals surface area contributed by atoms with Gasteiger partial charge in [-0.25, -0.2) is 4.98 Å². The quantitative estimate of drug-likeness (QED) is 0.798. The molecule has 0 unspecified atom stereocenters. The van der Waals surface area contributed by atoms with E-state index in [1.54, 1.807) is 18.3 Å². The van der Waals surface area contributed by atoms with Crippen molar-refractivity contribution in [3.05, 3.63) is 52.6 Å². The average molecular weight is 232 g/mol. The molecule has 0 aliphatic carbocycles. The summed E-state index contributed by atoms with van der Waals surface area (Å²) < 4.78 is 2.01. The molecule has 0 saturated heterocycles. The molecule has 80 valence electrons. The summed E-state index contributed by atoms with van der Waals surface area (Å²) in [5, 5.41) is 9.35. The second-order valence-electron chi connectivity index (χ2n) is 3.52. The Morgan fingerprint density at radius 2 is 2.31 bits per heavy atom. The van der Waals surface area contributed by atoms with Gasteiger partial charge in [0, 0.05) is 17.4 Å². The number of hydrogen-bond acceptors (Lipinski definition) is 2. The van der Waals surface area contributed by atoms with E-state index in [0.29, 0.717) is 17.1 Å². The highest BCUT2D eigenvalue weighted by molar-refractivity contribution is 6.31. The van der Waals surface area contributed by atoms with Gasteiger partial charge in [0.05, 0.1) is 18.2 Å². The molecular weight excluding hydrogens is 222 g/mol. The fourth-order valence-electron chi connectivity index (χ4n) is 1.50. The molecule has 2 rings (SSSR count). The van der Waals surface area contributed by atoms with Crippen LogP contribution in [0.25, 0.3) is 0 Å². The van der Waals surface area contributed by atoms with Gasteiger partial charge in [0.15, 0.2) is 0 Å². The van der Waals surface area contributed by atoms with Crippen molar-refractivity contribution in [2.24, 2.45) is 0 Å². The van der Waals surface area contributed by atoms with Gasteiger partial charge < -0.3 is 4.57 Å². The number of nitriles is 1. The molecule has 0 fully saturated rings. The minimum Gasteiger partial charge on any atom is -0.331 e. The summed E-state index contributed by atoms with van der Waals surface area (Å²) >= 11 is 6.09. The Hall–Kier alpha value is -1.79. The van der Waals surface area contributed by atoms with Gasteiger partial charge in [-0.05, 0) is 24.6 Å². The third kappa shape index (κ3) is 2.07. The summed E-state index contributed by atoms with van der Waals surface area (Å²) in [7, 11) is 0. The Morgan fingerprint density at radius 1 is 1.50 bits per heavy atom. The fourth-order valence-corrected chi connectivity index (χ4v) is 1.74. The van der Waals surface area contributed by atoms with E-state index < -0.39 is 0 Å². The van der Waals surface area contributed by atoms with Gasteiger partial charge in [0.25, 0.3) is 0 Å². The number of halogens is 1. The van der Waals surface area contributed by atoms with Crippen LogP contribution in [-0.4, -0.2) is 9.55 Å². The molecule has 0 aliphatic heterocycles. The van der Waals surface area contributed by atoms with Crippen LogP contribution in [0.15, 0.2) is 30.6 Å². The van der Waals surface area contributed by atoms with Crippen LogP contribution in [-0.2, 0) is 6.54 Å². The number of aryl methyl sites for hydroxylation is 1. The zero-order valence-corrected chi connectivity index (χ0v) is 9.57. The summed E-state index contributed by atoms with van der Waals surface area (Å²) in [5.74, 6) is 0.945. The van der Waals surface area contributed by atoms with E-state index in [0.717, 1.165) is 11.4 Å². The van der Waals surface area contributed by atoms with Gasteiger partial charge in [0.2, 0.25) is 0 Å². The predicted octanol–water partition coefficient (Wildman–Crippen LogP) is 2.76. The van der Waals surface area contributed by atoms with Crippen LogP contribution in [0.5, 0.6) is 0 Å². The lowest BCUT2D eigenvalue weighted by Gasteiger charge is -2.07. The molecule has 3 nitrogen and oxygen atoms in total. The number of hydrogen-bond donors (Lipinski definition) is 0. The predicted molar refractivity (Wildman–Crippen MR) is 62.2 cm³/mol. The highest BCUT2D eigenvalue weighted by atomic mass is 35.5. The molecule has 4 heteroatoms. The van der Waals surface area contributed by atoms with E-state index in [1.165, 1.54) is 0 Å². The van der Waals surface area contributed by atoms with Gasteiger partial charge >= 0.3 is 0 Å². The van der Waals surface area contributed by atoms with Gasteiger partial charge in [0.1, 0.15) is 5.82 Å². The SMILES string of the molecule is Cc1nccn1Cc1ccc(C#N)cc1Cl. The summed E-state index contributed by atoms with van der Waals surface area (Å²) in [6, 6.07) is 7.39. The second-order valence-corrected chi connectivity index (χ2v) is 3.93. The molecule has 0 N–H and O–H groups in total. The molecule has 0 atom stereocenters. The van der Waals surface area contributed by atoms with Crippen LogP contribution in [0, 0.1) is 18.3 Å². The zero-order chi connectivity index (χ0) is 11.5. The Kier molecular flexibility index (Phi) is 2.93. The molecule has 0 radical (unpaired) electrons. The first-order chi connectivity index (χ1) is 7.70. The first-order valence-corrected chi connectivity index (χ1v) is 5.25. The standard InChI is InChI=1S/C12H10ClN3/c1-9-15-4-5-16(9)8-11-3-2-10(7-14)6-12(11)13/h2-6H,8H2,1H3. The molecule has 16 heavy (non-hydrogen) atoms. The summed E-state index contributed by atoms with van der Waals surface area (Å²) in [6.45, 7) is 2.62. The van der Waals surface area contributed by atoms with Crippen molar-refractivity contribution in [1.82, 2.24) is 9.55 Å². The molecule has 0 saturated carbocycles. The van der Waals surface area contributed by atoms with Crippen molar-refractivity contribution in [2.75, 3.05) is 0 Å². The van der Waals surface area contributed by atoms with Crippen LogP contribution in [0.3, 0.4) is 0 Å². The minimum absolute atomic E-state index is 0.580. The Bertz CT molecular complexity index is 552. The maximum atomic E-state index is 8.73. The maximum absolute atomic E-state index is 8.73. The third-order valence-corrected chi connectivity index (χ3v) is 2.80. The Balaban J connectivity index is 2.30. The third-order valence-electron chi connectivity index (χ3n) is 2.45. The van der Waals surface area contributed by atoms with Gasteiger partial charge in [-0.15, -0.1) is 0 Å². The van der Waals surface area contributed by atoms with Crippen molar-refractivity contribution in [3.63, 3.8) is 0 Å². The second kappa shape index (κ2) is 4.38. The molecule has 0 spiro atoms. The van der Waals surface area contributed by atoms with E-state index >= 15 is 0 Å². The van der Waals surface area contributed by atoms with E-state index in [-0.39, 0.29) is 0 Å². The van der Waals surface area contributed by atoms with Crippen LogP contribution in [0.4, 0.5) is 0 Å². The molecule has 2 aromatic rings. The first-order valence-electron chi connectivity index (χ1n) is 4.87. The van der Waals surface area contributed by atoms with Crippen LogP contribution >= 0.6 is 11.6 Å². The number of aromatic nitrogens is 2. The molecule has 0 bridgehead atoms. The number of benzene rings is 1. The lowest BCUT2D eigenvalue weighted by atomic mass is 10.1. The smallest absolute Gasteiger partial charge is 0.105 e. The molecule has 0 aliphatic rings.